The van der Waals surface area contributed by atoms with Gasteiger partial charge in [-0.05, 0) is 37.6 Å². The molecule has 6 nitrogen and oxygen atoms in total. The van der Waals surface area contributed by atoms with Crippen LogP contribution in [-0.2, 0) is 11.4 Å². The van der Waals surface area contributed by atoms with Gasteiger partial charge in [0, 0.05) is 30.3 Å². The third-order valence-corrected chi connectivity index (χ3v) is 6.26. The van der Waals surface area contributed by atoms with Gasteiger partial charge in [-0.25, -0.2) is 0 Å². The maximum Gasteiger partial charge on any atom is 0.225 e. The standard InChI is InChI=1S/C27H27Cl2NO5/c1-3-30(4-2)26(33)11-12-34-21-9-5-7-18(13-21)22-10-6-8-19(27(22)29)17-35-25-15-24(32)20(16-31)14-23(25)28/h5-10,13-16,32H,3-4,11-12,17H2,1-2H3. The lowest BCUT2D eigenvalue weighted by Gasteiger charge is -2.18. The Morgan fingerprint density at radius 3 is 2.49 bits per heavy atom. The minimum atomic E-state index is -0.213. The highest BCUT2D eigenvalue weighted by Crippen LogP contribution is 2.35. The Kier molecular flexibility index (Phi) is 9.40. The van der Waals surface area contributed by atoms with E-state index in [9.17, 15) is 14.7 Å². The number of aldehydes is 1. The van der Waals surface area contributed by atoms with E-state index in [1.54, 1.807) is 4.90 Å². The average Bonchev–Trinajstić information content (AvgIpc) is 2.86. The van der Waals surface area contributed by atoms with E-state index >= 15 is 0 Å². The molecule has 0 fully saturated rings. The maximum atomic E-state index is 12.2. The molecule has 0 aliphatic carbocycles. The van der Waals surface area contributed by atoms with Crippen LogP contribution in [0.2, 0.25) is 10.0 Å². The Balaban J connectivity index is 1.71. The molecule has 0 bridgehead atoms. The Hall–Kier alpha value is -3.22. The van der Waals surface area contributed by atoms with Crippen molar-refractivity contribution in [1.82, 2.24) is 4.90 Å². The van der Waals surface area contributed by atoms with Crippen molar-refractivity contribution in [2.75, 3.05) is 19.7 Å². The van der Waals surface area contributed by atoms with Crippen LogP contribution >= 0.6 is 23.2 Å². The summed E-state index contributed by atoms with van der Waals surface area (Å²) in [6.07, 6.45) is 0.831. The molecule has 0 aromatic heterocycles. The molecule has 3 aromatic carbocycles. The van der Waals surface area contributed by atoms with Crippen LogP contribution in [0.5, 0.6) is 17.2 Å². The molecule has 35 heavy (non-hydrogen) atoms. The number of carbonyl (C=O) groups excluding carboxylic acids is 2. The molecule has 0 aliphatic heterocycles. The van der Waals surface area contributed by atoms with Crippen molar-refractivity contribution in [1.29, 1.82) is 0 Å². The van der Waals surface area contributed by atoms with E-state index in [4.69, 9.17) is 32.7 Å². The van der Waals surface area contributed by atoms with Gasteiger partial charge in [-0.2, -0.15) is 0 Å². The van der Waals surface area contributed by atoms with Crippen LogP contribution in [0, 0.1) is 0 Å². The second-order valence-electron chi connectivity index (χ2n) is 7.72. The summed E-state index contributed by atoms with van der Waals surface area (Å²) in [7, 11) is 0. The van der Waals surface area contributed by atoms with E-state index in [1.807, 2.05) is 56.3 Å². The van der Waals surface area contributed by atoms with E-state index < -0.39 is 0 Å². The quantitative estimate of drug-likeness (QED) is 0.299. The van der Waals surface area contributed by atoms with Crippen molar-refractivity contribution in [3.8, 4) is 28.4 Å². The number of hydrogen-bond acceptors (Lipinski definition) is 5. The highest BCUT2D eigenvalue weighted by molar-refractivity contribution is 6.34. The molecule has 0 radical (unpaired) electrons. The molecule has 8 heteroatoms. The lowest BCUT2D eigenvalue weighted by Crippen LogP contribution is -2.31. The molecule has 0 atom stereocenters. The molecular formula is C27H27Cl2NO5. The van der Waals surface area contributed by atoms with Crippen molar-refractivity contribution >= 4 is 35.4 Å². The fraction of sp³-hybridized carbons (Fsp3) is 0.259. The molecule has 0 heterocycles. The molecule has 1 amide bonds. The van der Waals surface area contributed by atoms with Gasteiger partial charge in [-0.15, -0.1) is 0 Å². The summed E-state index contributed by atoms with van der Waals surface area (Å²) in [5.41, 5.74) is 2.45. The van der Waals surface area contributed by atoms with Crippen LogP contribution in [0.25, 0.3) is 11.1 Å². The molecule has 1 N–H and O–H groups in total. The van der Waals surface area contributed by atoms with E-state index in [2.05, 4.69) is 0 Å². The zero-order valence-corrected chi connectivity index (χ0v) is 21.1. The molecule has 0 aliphatic rings. The summed E-state index contributed by atoms with van der Waals surface area (Å²) < 4.78 is 11.6. The summed E-state index contributed by atoms with van der Waals surface area (Å²) in [4.78, 5) is 24.9. The first-order valence-electron chi connectivity index (χ1n) is 11.3. The molecule has 0 unspecified atom stereocenters. The molecule has 3 aromatic rings. The summed E-state index contributed by atoms with van der Waals surface area (Å²) in [5.74, 6) is 0.738. The molecule has 184 valence electrons. The van der Waals surface area contributed by atoms with Gasteiger partial charge >= 0.3 is 0 Å². The number of phenols is 1. The van der Waals surface area contributed by atoms with Crippen LogP contribution < -0.4 is 9.47 Å². The highest BCUT2D eigenvalue weighted by Gasteiger charge is 2.13. The topological polar surface area (TPSA) is 76.1 Å². The molecule has 0 saturated heterocycles. The molecule has 0 spiro atoms. The van der Waals surface area contributed by atoms with Gasteiger partial charge in [0.1, 0.15) is 23.9 Å². The lowest BCUT2D eigenvalue weighted by molar-refractivity contribution is -0.131. The number of hydrogen-bond donors (Lipinski definition) is 1. The monoisotopic (exact) mass is 515 g/mol. The van der Waals surface area contributed by atoms with Crippen LogP contribution in [0.3, 0.4) is 0 Å². The number of rotatable bonds is 11. The number of amides is 1. The zero-order valence-electron chi connectivity index (χ0n) is 19.6. The van der Waals surface area contributed by atoms with E-state index in [-0.39, 0.29) is 41.2 Å². The Labute approximate surface area is 215 Å². The van der Waals surface area contributed by atoms with Crippen molar-refractivity contribution in [2.24, 2.45) is 0 Å². The van der Waals surface area contributed by atoms with Crippen molar-refractivity contribution < 1.29 is 24.2 Å². The lowest BCUT2D eigenvalue weighted by atomic mass is 10.0. The third-order valence-electron chi connectivity index (χ3n) is 5.52. The van der Waals surface area contributed by atoms with Gasteiger partial charge in [0.25, 0.3) is 0 Å². The Morgan fingerprint density at radius 2 is 1.77 bits per heavy atom. The van der Waals surface area contributed by atoms with Gasteiger partial charge in [0.05, 0.1) is 28.6 Å². The number of halogens is 2. The number of nitrogens with zero attached hydrogens (tertiary/aromatic N) is 1. The smallest absolute Gasteiger partial charge is 0.225 e. The van der Waals surface area contributed by atoms with Gasteiger partial charge in [0.15, 0.2) is 6.29 Å². The minimum Gasteiger partial charge on any atom is -0.507 e. The first kappa shape index (κ1) is 26.4. The minimum absolute atomic E-state index is 0.0659. The third kappa shape index (κ3) is 6.68. The largest absolute Gasteiger partial charge is 0.507 e. The number of ether oxygens (including phenoxy) is 2. The molecule has 0 saturated carbocycles. The predicted octanol–water partition coefficient (Wildman–Crippen LogP) is 6.39. The van der Waals surface area contributed by atoms with E-state index in [1.165, 1.54) is 12.1 Å². The number of phenolic OH excluding ortho intramolecular Hbond substituents is 1. The summed E-state index contributed by atoms with van der Waals surface area (Å²) >= 11 is 12.9. The van der Waals surface area contributed by atoms with Crippen LogP contribution in [0.15, 0.2) is 54.6 Å². The van der Waals surface area contributed by atoms with Crippen LogP contribution in [0.4, 0.5) is 0 Å². The number of benzene rings is 3. The summed E-state index contributed by atoms with van der Waals surface area (Å²) in [6.45, 7) is 5.67. The Morgan fingerprint density at radius 1 is 1.03 bits per heavy atom. The fourth-order valence-electron chi connectivity index (χ4n) is 3.58. The van der Waals surface area contributed by atoms with E-state index in [0.29, 0.717) is 36.6 Å². The second kappa shape index (κ2) is 12.5. The van der Waals surface area contributed by atoms with Crippen LogP contribution in [0.1, 0.15) is 36.2 Å². The van der Waals surface area contributed by atoms with Gasteiger partial charge in [0.2, 0.25) is 5.91 Å². The average molecular weight is 516 g/mol. The summed E-state index contributed by atoms with van der Waals surface area (Å²) in [5, 5.41) is 10.6. The fourth-order valence-corrected chi connectivity index (χ4v) is 4.09. The van der Waals surface area contributed by atoms with Gasteiger partial charge < -0.3 is 19.5 Å². The maximum absolute atomic E-state index is 12.2. The van der Waals surface area contributed by atoms with Gasteiger partial charge in [-0.3, -0.25) is 9.59 Å². The number of aromatic hydroxyl groups is 1. The second-order valence-corrected chi connectivity index (χ2v) is 8.50. The zero-order chi connectivity index (χ0) is 25.4. The number of carbonyl (C=O) groups is 2. The van der Waals surface area contributed by atoms with Crippen molar-refractivity contribution in [3.63, 3.8) is 0 Å². The van der Waals surface area contributed by atoms with Crippen LogP contribution in [-0.4, -0.2) is 41.9 Å². The normalized spacial score (nSPS) is 10.6. The first-order chi connectivity index (χ1) is 16.9. The van der Waals surface area contributed by atoms with E-state index in [0.717, 1.165) is 16.7 Å². The summed E-state index contributed by atoms with van der Waals surface area (Å²) in [6, 6.07) is 15.7. The molecular weight excluding hydrogens is 489 g/mol. The van der Waals surface area contributed by atoms with Crippen molar-refractivity contribution in [2.45, 2.75) is 26.9 Å². The van der Waals surface area contributed by atoms with Gasteiger partial charge in [-0.1, -0.05) is 53.5 Å². The molecule has 3 rings (SSSR count). The first-order valence-corrected chi connectivity index (χ1v) is 12.0. The highest BCUT2D eigenvalue weighted by atomic mass is 35.5. The Bertz CT molecular complexity index is 1190. The SMILES string of the molecule is CCN(CC)C(=O)CCOc1cccc(-c2cccc(COc3cc(O)c(C=O)cc3Cl)c2Cl)c1. The predicted molar refractivity (Wildman–Crippen MR) is 138 cm³/mol. The van der Waals surface area contributed by atoms with Crippen molar-refractivity contribution in [3.05, 3.63) is 75.8 Å².